The Hall–Kier alpha value is -0.910. The van der Waals surface area contributed by atoms with Gasteiger partial charge in [0.25, 0.3) is 0 Å². The van der Waals surface area contributed by atoms with Crippen LogP contribution in [0.4, 0.5) is 4.79 Å². The maximum atomic E-state index is 12.0. The Labute approximate surface area is 118 Å². The van der Waals surface area contributed by atoms with Gasteiger partial charge >= 0.3 is 12.0 Å². The van der Waals surface area contributed by atoms with Crippen LogP contribution >= 0.6 is 11.8 Å². The lowest BCUT2D eigenvalue weighted by molar-refractivity contribution is -0.150. The first-order valence-corrected chi connectivity index (χ1v) is 7.72. The molecule has 2 amide bonds. The number of amides is 2. The van der Waals surface area contributed by atoms with Crippen LogP contribution in [0.2, 0.25) is 0 Å². The molecule has 0 spiro atoms. The number of carboxylic acid groups (broad SMARTS) is 1. The Balaban J connectivity index is 2.57. The molecule has 0 bridgehead atoms. The number of nitrogens with one attached hydrogen (secondary N) is 2. The van der Waals surface area contributed by atoms with Crippen LogP contribution in [0.1, 0.15) is 40.5 Å². The van der Waals surface area contributed by atoms with Crippen molar-refractivity contribution in [2.75, 3.05) is 11.5 Å². The van der Waals surface area contributed by atoms with E-state index in [2.05, 4.69) is 10.6 Å². The molecule has 19 heavy (non-hydrogen) atoms. The smallest absolute Gasteiger partial charge is 0.315 e. The molecule has 0 radical (unpaired) electrons. The van der Waals surface area contributed by atoms with Crippen molar-refractivity contribution in [3.8, 4) is 0 Å². The summed E-state index contributed by atoms with van der Waals surface area (Å²) in [5.41, 5.74) is -1.86. The van der Waals surface area contributed by atoms with Gasteiger partial charge in [-0.1, -0.05) is 0 Å². The van der Waals surface area contributed by atoms with Crippen LogP contribution in [-0.2, 0) is 4.79 Å². The first kappa shape index (κ1) is 16.1. The molecule has 0 unspecified atom stereocenters. The Morgan fingerprint density at radius 2 is 1.68 bits per heavy atom. The zero-order valence-corrected chi connectivity index (χ0v) is 12.9. The summed E-state index contributed by atoms with van der Waals surface area (Å²) in [6.45, 7) is 6.70. The van der Waals surface area contributed by atoms with Crippen molar-refractivity contribution in [3.05, 3.63) is 0 Å². The molecule has 0 saturated carbocycles. The second-order valence-electron chi connectivity index (χ2n) is 6.04. The Morgan fingerprint density at radius 3 is 2.16 bits per heavy atom. The molecule has 1 aliphatic heterocycles. The molecule has 6 heteroatoms. The highest BCUT2D eigenvalue weighted by Gasteiger charge is 2.44. The van der Waals surface area contributed by atoms with Crippen LogP contribution in [0.5, 0.6) is 0 Å². The van der Waals surface area contributed by atoms with Gasteiger partial charge in [0, 0.05) is 6.04 Å². The predicted octanol–water partition coefficient (Wildman–Crippen LogP) is 2.07. The fourth-order valence-electron chi connectivity index (χ4n) is 1.77. The highest BCUT2D eigenvalue weighted by Crippen LogP contribution is 2.30. The average molecular weight is 288 g/mol. The number of carboxylic acids is 1. The summed E-state index contributed by atoms with van der Waals surface area (Å²) in [4.78, 5) is 23.2. The zero-order valence-electron chi connectivity index (χ0n) is 12.1. The Bertz CT molecular complexity index is 350. The molecular weight excluding hydrogens is 264 g/mol. The van der Waals surface area contributed by atoms with E-state index in [0.717, 1.165) is 24.3 Å². The SMILES string of the molecule is CC(C)(NC(=O)NC1CCSCC1)C(C)(C)C(=O)O. The number of carbonyl (C=O) groups excluding carboxylic acids is 1. The van der Waals surface area contributed by atoms with E-state index >= 15 is 0 Å². The van der Waals surface area contributed by atoms with Gasteiger partial charge in [0.2, 0.25) is 0 Å². The van der Waals surface area contributed by atoms with Crippen LogP contribution < -0.4 is 10.6 Å². The molecule has 110 valence electrons. The van der Waals surface area contributed by atoms with Crippen molar-refractivity contribution in [1.82, 2.24) is 10.6 Å². The Morgan fingerprint density at radius 1 is 1.16 bits per heavy atom. The van der Waals surface area contributed by atoms with Crippen LogP contribution in [0, 0.1) is 5.41 Å². The minimum atomic E-state index is -1.03. The van der Waals surface area contributed by atoms with Gasteiger partial charge in [-0.05, 0) is 52.0 Å². The fraction of sp³-hybridized carbons (Fsp3) is 0.846. The second kappa shape index (κ2) is 6.03. The molecule has 5 nitrogen and oxygen atoms in total. The number of hydrogen-bond donors (Lipinski definition) is 3. The van der Waals surface area contributed by atoms with Gasteiger partial charge in [0.15, 0.2) is 0 Å². The van der Waals surface area contributed by atoms with E-state index in [9.17, 15) is 14.7 Å². The van der Waals surface area contributed by atoms with E-state index in [1.165, 1.54) is 0 Å². The van der Waals surface area contributed by atoms with E-state index < -0.39 is 16.9 Å². The lowest BCUT2D eigenvalue weighted by atomic mass is 9.74. The minimum absolute atomic E-state index is 0.199. The maximum Gasteiger partial charge on any atom is 0.315 e. The lowest BCUT2D eigenvalue weighted by Crippen LogP contribution is -2.60. The van der Waals surface area contributed by atoms with Crippen LogP contribution in [0.25, 0.3) is 0 Å². The molecule has 1 aliphatic rings. The van der Waals surface area contributed by atoms with Gasteiger partial charge < -0.3 is 15.7 Å². The molecule has 3 N–H and O–H groups in total. The summed E-state index contributed by atoms with van der Waals surface area (Å²) < 4.78 is 0. The second-order valence-corrected chi connectivity index (χ2v) is 7.27. The van der Waals surface area contributed by atoms with Gasteiger partial charge in [-0.3, -0.25) is 4.79 Å². The maximum absolute atomic E-state index is 12.0. The summed E-state index contributed by atoms with van der Waals surface area (Å²) >= 11 is 1.90. The number of carbonyl (C=O) groups is 2. The highest BCUT2D eigenvalue weighted by molar-refractivity contribution is 7.99. The van der Waals surface area contributed by atoms with Crippen LogP contribution in [0.3, 0.4) is 0 Å². The molecular formula is C13H24N2O3S. The molecule has 0 atom stereocenters. The van der Waals surface area contributed by atoms with Crippen molar-refractivity contribution >= 4 is 23.8 Å². The summed E-state index contributed by atoms with van der Waals surface area (Å²) in [7, 11) is 0. The molecule has 0 aromatic carbocycles. The topological polar surface area (TPSA) is 78.4 Å². The molecule has 0 aromatic rings. The van der Waals surface area contributed by atoms with Crippen molar-refractivity contribution < 1.29 is 14.7 Å². The monoisotopic (exact) mass is 288 g/mol. The molecule has 1 heterocycles. The van der Waals surface area contributed by atoms with E-state index in [1.54, 1.807) is 27.7 Å². The predicted molar refractivity (Wildman–Crippen MR) is 77.5 cm³/mol. The summed E-state index contributed by atoms with van der Waals surface area (Å²) in [5, 5.41) is 15.0. The molecule has 1 rings (SSSR count). The molecule has 0 aromatic heterocycles. The van der Waals surface area contributed by atoms with Crippen molar-refractivity contribution in [2.24, 2.45) is 5.41 Å². The first-order valence-electron chi connectivity index (χ1n) is 6.56. The standard InChI is InChI=1S/C13H24N2O3S/c1-12(2,10(16)17)13(3,4)15-11(18)14-9-5-7-19-8-6-9/h9H,5-8H2,1-4H3,(H,16,17)(H2,14,15,18). The largest absolute Gasteiger partial charge is 0.481 e. The molecule has 0 aliphatic carbocycles. The normalized spacial score (nSPS) is 17.9. The summed E-state index contributed by atoms with van der Waals surface area (Å²) in [6, 6.07) is -0.0822. The first-order chi connectivity index (χ1) is 8.67. The number of thioether (sulfide) groups is 1. The Kier molecular flexibility index (Phi) is 5.12. The van der Waals surface area contributed by atoms with E-state index in [4.69, 9.17) is 0 Å². The number of rotatable bonds is 4. The van der Waals surface area contributed by atoms with Gasteiger partial charge in [-0.25, -0.2) is 4.79 Å². The number of hydrogen-bond acceptors (Lipinski definition) is 3. The summed E-state index contributed by atoms with van der Waals surface area (Å²) in [5.74, 6) is 1.20. The van der Waals surface area contributed by atoms with Gasteiger partial charge in [-0.15, -0.1) is 0 Å². The number of urea groups is 1. The van der Waals surface area contributed by atoms with Gasteiger partial charge in [0.1, 0.15) is 0 Å². The van der Waals surface area contributed by atoms with Gasteiger partial charge in [0.05, 0.1) is 11.0 Å². The molecule has 1 saturated heterocycles. The fourth-order valence-corrected chi connectivity index (χ4v) is 2.88. The number of aliphatic carboxylic acids is 1. The van der Waals surface area contributed by atoms with Crippen LogP contribution in [0.15, 0.2) is 0 Å². The van der Waals surface area contributed by atoms with E-state index in [0.29, 0.717) is 0 Å². The van der Waals surface area contributed by atoms with Crippen molar-refractivity contribution in [1.29, 1.82) is 0 Å². The third kappa shape index (κ3) is 4.03. The third-order valence-corrected chi connectivity index (χ3v) is 5.13. The third-order valence-electron chi connectivity index (χ3n) is 4.08. The van der Waals surface area contributed by atoms with Gasteiger partial charge in [-0.2, -0.15) is 11.8 Å². The quantitative estimate of drug-likeness (QED) is 0.740. The van der Waals surface area contributed by atoms with Crippen LogP contribution in [-0.4, -0.2) is 40.2 Å². The molecule has 1 fully saturated rings. The van der Waals surface area contributed by atoms with E-state index in [-0.39, 0.29) is 12.1 Å². The van der Waals surface area contributed by atoms with Crippen molar-refractivity contribution in [2.45, 2.75) is 52.1 Å². The van der Waals surface area contributed by atoms with E-state index in [1.807, 2.05) is 11.8 Å². The highest BCUT2D eigenvalue weighted by atomic mass is 32.2. The lowest BCUT2D eigenvalue weighted by Gasteiger charge is -2.39. The summed E-state index contributed by atoms with van der Waals surface area (Å²) in [6.07, 6.45) is 1.95. The van der Waals surface area contributed by atoms with Crippen molar-refractivity contribution in [3.63, 3.8) is 0 Å². The minimum Gasteiger partial charge on any atom is -0.481 e. The average Bonchev–Trinajstić information content (AvgIpc) is 2.28. The zero-order chi connectivity index (χ0) is 14.7.